The molecular formula is C19H23N5O2. The zero-order chi connectivity index (χ0) is 18.4. The van der Waals surface area contributed by atoms with E-state index in [1.54, 1.807) is 29.3 Å². The SMILES string of the molecule is CCN1CCN(C(=O)c2cccc(C(=O)NCc3ccccn3)n2)CC1. The van der Waals surface area contributed by atoms with Crippen LogP contribution in [0.25, 0.3) is 0 Å². The van der Waals surface area contributed by atoms with Crippen molar-refractivity contribution in [3.8, 4) is 0 Å². The van der Waals surface area contributed by atoms with E-state index in [2.05, 4.69) is 27.1 Å². The Balaban J connectivity index is 1.62. The highest BCUT2D eigenvalue weighted by atomic mass is 16.2. The summed E-state index contributed by atoms with van der Waals surface area (Å²) in [4.78, 5) is 37.5. The van der Waals surface area contributed by atoms with Crippen molar-refractivity contribution >= 4 is 11.8 Å². The summed E-state index contributed by atoms with van der Waals surface area (Å²) in [5.41, 5.74) is 1.31. The van der Waals surface area contributed by atoms with Gasteiger partial charge >= 0.3 is 0 Å². The largest absolute Gasteiger partial charge is 0.345 e. The van der Waals surface area contributed by atoms with Gasteiger partial charge in [0.1, 0.15) is 11.4 Å². The van der Waals surface area contributed by atoms with Gasteiger partial charge in [-0.2, -0.15) is 0 Å². The highest BCUT2D eigenvalue weighted by Crippen LogP contribution is 2.08. The number of carbonyl (C=O) groups is 2. The predicted octanol–water partition coefficient (Wildman–Crippen LogP) is 1.18. The second kappa shape index (κ2) is 8.53. The van der Waals surface area contributed by atoms with Crippen LogP contribution in [-0.2, 0) is 6.54 Å². The second-order valence-corrected chi connectivity index (χ2v) is 6.14. The number of nitrogens with one attached hydrogen (secondary N) is 1. The highest BCUT2D eigenvalue weighted by Gasteiger charge is 2.22. The van der Waals surface area contributed by atoms with Crippen LogP contribution in [0.4, 0.5) is 0 Å². The molecule has 7 heteroatoms. The van der Waals surface area contributed by atoms with Crippen molar-refractivity contribution in [2.75, 3.05) is 32.7 Å². The molecule has 2 aromatic heterocycles. The zero-order valence-corrected chi connectivity index (χ0v) is 14.9. The number of nitrogens with zero attached hydrogens (tertiary/aromatic N) is 4. The summed E-state index contributed by atoms with van der Waals surface area (Å²) in [5.74, 6) is -0.443. The van der Waals surface area contributed by atoms with Crippen molar-refractivity contribution < 1.29 is 9.59 Å². The molecule has 0 bridgehead atoms. The Kier molecular flexibility index (Phi) is 5.91. The predicted molar refractivity (Wildman–Crippen MR) is 97.7 cm³/mol. The first-order valence-electron chi connectivity index (χ1n) is 8.84. The number of rotatable bonds is 5. The van der Waals surface area contributed by atoms with E-state index in [4.69, 9.17) is 0 Å². The smallest absolute Gasteiger partial charge is 0.272 e. The van der Waals surface area contributed by atoms with Crippen LogP contribution < -0.4 is 5.32 Å². The van der Waals surface area contributed by atoms with Crippen molar-refractivity contribution in [1.82, 2.24) is 25.1 Å². The summed E-state index contributed by atoms with van der Waals surface area (Å²) in [6.45, 7) is 6.53. The third-order valence-electron chi connectivity index (χ3n) is 4.46. The molecule has 1 aliphatic rings. The topological polar surface area (TPSA) is 78.4 Å². The van der Waals surface area contributed by atoms with E-state index in [-0.39, 0.29) is 17.5 Å². The number of hydrogen-bond donors (Lipinski definition) is 1. The first-order chi connectivity index (χ1) is 12.7. The molecule has 1 N–H and O–H groups in total. The van der Waals surface area contributed by atoms with Crippen LogP contribution in [0.1, 0.15) is 33.6 Å². The van der Waals surface area contributed by atoms with Crippen molar-refractivity contribution in [2.45, 2.75) is 13.5 Å². The van der Waals surface area contributed by atoms with Gasteiger partial charge in [0, 0.05) is 32.4 Å². The second-order valence-electron chi connectivity index (χ2n) is 6.14. The van der Waals surface area contributed by atoms with Crippen molar-refractivity contribution in [2.24, 2.45) is 0 Å². The lowest BCUT2D eigenvalue weighted by atomic mass is 10.2. The molecular weight excluding hydrogens is 330 g/mol. The summed E-state index contributed by atoms with van der Waals surface area (Å²) in [7, 11) is 0. The van der Waals surface area contributed by atoms with E-state index in [9.17, 15) is 9.59 Å². The van der Waals surface area contributed by atoms with Crippen LogP contribution in [0, 0.1) is 0 Å². The van der Waals surface area contributed by atoms with Crippen LogP contribution in [0.3, 0.4) is 0 Å². The molecule has 0 aliphatic carbocycles. The van der Waals surface area contributed by atoms with Gasteiger partial charge in [0.15, 0.2) is 0 Å². The van der Waals surface area contributed by atoms with E-state index in [0.717, 1.165) is 25.3 Å². The maximum atomic E-state index is 12.7. The van der Waals surface area contributed by atoms with E-state index in [1.807, 2.05) is 18.2 Å². The summed E-state index contributed by atoms with van der Waals surface area (Å²) >= 11 is 0. The quantitative estimate of drug-likeness (QED) is 0.873. The molecule has 3 heterocycles. The monoisotopic (exact) mass is 353 g/mol. The average molecular weight is 353 g/mol. The van der Waals surface area contributed by atoms with Gasteiger partial charge < -0.3 is 15.1 Å². The molecule has 0 unspecified atom stereocenters. The van der Waals surface area contributed by atoms with Gasteiger partial charge in [0.2, 0.25) is 0 Å². The molecule has 2 amide bonds. The van der Waals surface area contributed by atoms with Crippen LogP contribution in [0.15, 0.2) is 42.6 Å². The highest BCUT2D eigenvalue weighted by molar-refractivity contribution is 5.96. The standard InChI is InChI=1S/C19H23N5O2/c1-2-23-10-12-24(13-11-23)19(26)17-8-5-7-16(22-17)18(25)21-14-15-6-3-4-9-20-15/h3-9H,2,10-14H2,1H3,(H,21,25). The number of pyridine rings is 2. The van der Waals surface area contributed by atoms with Crippen LogP contribution in [0.2, 0.25) is 0 Å². The normalized spacial score (nSPS) is 14.9. The van der Waals surface area contributed by atoms with Gasteiger partial charge in [-0.25, -0.2) is 4.98 Å². The van der Waals surface area contributed by atoms with Gasteiger partial charge in [-0.1, -0.05) is 19.1 Å². The van der Waals surface area contributed by atoms with E-state index in [0.29, 0.717) is 25.3 Å². The fourth-order valence-corrected chi connectivity index (χ4v) is 2.87. The zero-order valence-electron chi connectivity index (χ0n) is 14.9. The van der Waals surface area contributed by atoms with Crippen LogP contribution in [-0.4, -0.2) is 64.3 Å². The Morgan fingerprint density at radius 1 is 1.04 bits per heavy atom. The minimum atomic E-state index is -0.318. The number of aromatic nitrogens is 2. The summed E-state index contributed by atoms with van der Waals surface area (Å²) in [6.07, 6.45) is 1.68. The molecule has 0 aromatic carbocycles. The molecule has 0 radical (unpaired) electrons. The average Bonchev–Trinajstić information content (AvgIpc) is 2.72. The van der Waals surface area contributed by atoms with Crippen molar-refractivity contribution in [3.63, 3.8) is 0 Å². The minimum Gasteiger partial charge on any atom is -0.345 e. The molecule has 26 heavy (non-hydrogen) atoms. The van der Waals surface area contributed by atoms with E-state index >= 15 is 0 Å². The number of likely N-dealkylation sites (N-methyl/N-ethyl adjacent to an activating group) is 1. The lowest BCUT2D eigenvalue weighted by Crippen LogP contribution is -2.48. The number of amides is 2. The Bertz CT molecular complexity index is 758. The Morgan fingerprint density at radius 3 is 2.50 bits per heavy atom. The number of carbonyl (C=O) groups excluding carboxylic acids is 2. The Hall–Kier alpha value is -2.80. The Morgan fingerprint density at radius 2 is 1.81 bits per heavy atom. The molecule has 1 aliphatic heterocycles. The molecule has 2 aromatic rings. The summed E-state index contributed by atoms with van der Waals surface area (Å²) < 4.78 is 0. The van der Waals surface area contributed by atoms with Crippen molar-refractivity contribution in [1.29, 1.82) is 0 Å². The molecule has 7 nitrogen and oxygen atoms in total. The lowest BCUT2D eigenvalue weighted by Gasteiger charge is -2.33. The molecule has 0 spiro atoms. The first kappa shape index (κ1) is 18.0. The fraction of sp³-hybridized carbons (Fsp3) is 0.368. The third-order valence-corrected chi connectivity index (χ3v) is 4.46. The Labute approximate surface area is 153 Å². The van der Waals surface area contributed by atoms with Gasteiger partial charge in [-0.15, -0.1) is 0 Å². The van der Waals surface area contributed by atoms with Crippen LogP contribution in [0.5, 0.6) is 0 Å². The molecule has 3 rings (SSSR count). The molecule has 0 saturated carbocycles. The maximum absolute atomic E-state index is 12.7. The fourth-order valence-electron chi connectivity index (χ4n) is 2.87. The van der Waals surface area contributed by atoms with Crippen LogP contribution >= 0.6 is 0 Å². The van der Waals surface area contributed by atoms with E-state index in [1.165, 1.54) is 0 Å². The molecule has 1 fully saturated rings. The van der Waals surface area contributed by atoms with Gasteiger partial charge in [-0.05, 0) is 30.8 Å². The first-order valence-corrected chi connectivity index (χ1v) is 8.84. The van der Waals surface area contributed by atoms with Gasteiger partial charge in [0.25, 0.3) is 11.8 Å². The molecule has 136 valence electrons. The lowest BCUT2D eigenvalue weighted by molar-refractivity contribution is 0.0637. The molecule has 0 atom stereocenters. The minimum absolute atomic E-state index is 0.125. The summed E-state index contributed by atoms with van der Waals surface area (Å²) in [6, 6.07) is 10.5. The number of hydrogen-bond acceptors (Lipinski definition) is 5. The number of piperazine rings is 1. The third kappa shape index (κ3) is 4.43. The van der Waals surface area contributed by atoms with E-state index < -0.39 is 0 Å². The van der Waals surface area contributed by atoms with Crippen molar-refractivity contribution in [3.05, 3.63) is 59.7 Å². The van der Waals surface area contributed by atoms with Gasteiger partial charge in [0.05, 0.1) is 12.2 Å². The van der Waals surface area contributed by atoms with Gasteiger partial charge in [-0.3, -0.25) is 14.6 Å². The maximum Gasteiger partial charge on any atom is 0.272 e. The molecule has 1 saturated heterocycles. The summed E-state index contributed by atoms with van der Waals surface area (Å²) in [5, 5.41) is 2.78.